The molecule has 1 aliphatic heterocycles. The number of anilines is 1. The minimum absolute atomic E-state index is 0.316. The molecule has 2 aromatic rings. The topological polar surface area (TPSA) is 49.3 Å². The van der Waals surface area contributed by atoms with Crippen molar-refractivity contribution in [2.24, 2.45) is 5.92 Å². The normalized spacial score (nSPS) is 18.5. The molecule has 4 rings (SSSR count). The second kappa shape index (κ2) is 5.68. The van der Waals surface area contributed by atoms with Crippen molar-refractivity contribution >= 4 is 23.1 Å². The van der Waals surface area contributed by atoms with Crippen molar-refractivity contribution in [1.82, 2.24) is 15.1 Å². The summed E-state index contributed by atoms with van der Waals surface area (Å²) in [6, 6.07) is 8.12. The third-order valence-corrected chi connectivity index (χ3v) is 5.16. The Kier molecular flexibility index (Phi) is 3.54. The van der Waals surface area contributed by atoms with Crippen LogP contribution < -0.4 is 4.90 Å². The molecule has 1 aliphatic carbocycles. The van der Waals surface area contributed by atoms with Crippen molar-refractivity contribution in [1.29, 1.82) is 0 Å². The molecule has 0 bridgehead atoms. The fourth-order valence-electron chi connectivity index (χ4n) is 2.79. The molecule has 2 fully saturated rings. The fraction of sp³-hybridized carbons (Fsp3) is 0.438. The van der Waals surface area contributed by atoms with Crippen LogP contribution in [0.2, 0.25) is 0 Å². The highest BCUT2D eigenvalue weighted by molar-refractivity contribution is 7.13. The molecule has 0 spiro atoms. The summed E-state index contributed by atoms with van der Waals surface area (Å²) >= 11 is 1.67. The van der Waals surface area contributed by atoms with E-state index in [0.29, 0.717) is 11.8 Å². The first-order valence-electron chi connectivity index (χ1n) is 7.72. The quantitative estimate of drug-likeness (QED) is 0.872. The Labute approximate surface area is 133 Å². The molecule has 6 heteroatoms. The summed E-state index contributed by atoms with van der Waals surface area (Å²) < 4.78 is 0. The van der Waals surface area contributed by atoms with Crippen molar-refractivity contribution in [3.8, 4) is 10.6 Å². The predicted molar refractivity (Wildman–Crippen MR) is 86.9 cm³/mol. The minimum atomic E-state index is 0.316. The van der Waals surface area contributed by atoms with Gasteiger partial charge in [0.05, 0.1) is 4.88 Å². The van der Waals surface area contributed by atoms with Crippen LogP contribution in [0.4, 0.5) is 5.82 Å². The summed E-state index contributed by atoms with van der Waals surface area (Å²) in [4.78, 5) is 17.4. The van der Waals surface area contributed by atoms with Crippen LogP contribution in [0.3, 0.4) is 0 Å². The molecule has 1 saturated heterocycles. The van der Waals surface area contributed by atoms with E-state index in [-0.39, 0.29) is 0 Å². The van der Waals surface area contributed by atoms with E-state index in [2.05, 4.69) is 21.2 Å². The van der Waals surface area contributed by atoms with Crippen LogP contribution in [0.1, 0.15) is 12.8 Å². The molecule has 0 radical (unpaired) electrons. The van der Waals surface area contributed by atoms with Crippen molar-refractivity contribution in [3.63, 3.8) is 0 Å². The number of carbonyl (C=O) groups is 1. The minimum Gasteiger partial charge on any atom is -0.352 e. The molecule has 2 aliphatic rings. The maximum Gasteiger partial charge on any atom is 0.225 e. The summed E-state index contributed by atoms with van der Waals surface area (Å²) in [6.45, 7) is 3.27. The van der Waals surface area contributed by atoms with Gasteiger partial charge in [0.15, 0.2) is 5.82 Å². The van der Waals surface area contributed by atoms with E-state index in [0.717, 1.165) is 55.4 Å². The Balaban J connectivity index is 1.40. The number of aromatic nitrogens is 2. The van der Waals surface area contributed by atoms with Gasteiger partial charge in [-0.05, 0) is 36.4 Å². The third-order valence-electron chi connectivity index (χ3n) is 4.27. The highest BCUT2D eigenvalue weighted by Crippen LogP contribution is 2.31. The third kappa shape index (κ3) is 2.70. The van der Waals surface area contributed by atoms with Gasteiger partial charge in [-0.25, -0.2) is 0 Å². The number of carbonyl (C=O) groups excluding carboxylic acids is 1. The smallest absolute Gasteiger partial charge is 0.225 e. The molecule has 0 aromatic carbocycles. The lowest BCUT2D eigenvalue weighted by molar-refractivity contribution is -0.132. The summed E-state index contributed by atoms with van der Waals surface area (Å²) in [6.07, 6.45) is 2.16. The van der Waals surface area contributed by atoms with Gasteiger partial charge in [-0.2, -0.15) is 0 Å². The summed E-state index contributed by atoms with van der Waals surface area (Å²) in [7, 11) is 0. The van der Waals surface area contributed by atoms with E-state index >= 15 is 0 Å². The standard InChI is InChI=1S/C16H18N4OS/c21-16(12-3-4-12)20-9-7-19(8-10-20)15-6-5-13(17-18-15)14-2-1-11-22-14/h1-2,5-6,11-12H,3-4,7-10H2. The number of nitrogens with zero attached hydrogens (tertiary/aromatic N) is 4. The zero-order valence-corrected chi connectivity index (χ0v) is 13.1. The molecule has 0 unspecified atom stereocenters. The van der Waals surface area contributed by atoms with Gasteiger partial charge < -0.3 is 9.80 Å². The van der Waals surface area contributed by atoms with Gasteiger partial charge in [-0.3, -0.25) is 4.79 Å². The van der Waals surface area contributed by atoms with Crippen LogP contribution in [0.15, 0.2) is 29.6 Å². The molecule has 22 heavy (non-hydrogen) atoms. The first-order valence-corrected chi connectivity index (χ1v) is 8.60. The highest BCUT2D eigenvalue weighted by atomic mass is 32.1. The maximum absolute atomic E-state index is 12.1. The van der Waals surface area contributed by atoms with Gasteiger partial charge in [0.1, 0.15) is 5.69 Å². The molecular weight excluding hydrogens is 296 g/mol. The van der Waals surface area contributed by atoms with Gasteiger partial charge in [0.25, 0.3) is 0 Å². The van der Waals surface area contributed by atoms with Crippen molar-refractivity contribution in [3.05, 3.63) is 29.6 Å². The number of amides is 1. The lowest BCUT2D eigenvalue weighted by Crippen LogP contribution is -2.49. The van der Waals surface area contributed by atoms with Gasteiger partial charge in [-0.15, -0.1) is 21.5 Å². The lowest BCUT2D eigenvalue weighted by atomic mass is 10.2. The van der Waals surface area contributed by atoms with E-state index in [1.54, 1.807) is 11.3 Å². The largest absolute Gasteiger partial charge is 0.352 e. The molecule has 114 valence electrons. The average Bonchev–Trinajstić information content (AvgIpc) is 3.29. The molecule has 0 N–H and O–H groups in total. The van der Waals surface area contributed by atoms with E-state index in [1.807, 2.05) is 28.5 Å². The van der Waals surface area contributed by atoms with Crippen LogP contribution in [-0.2, 0) is 4.79 Å². The molecule has 1 amide bonds. The van der Waals surface area contributed by atoms with E-state index in [1.165, 1.54) is 0 Å². The maximum atomic E-state index is 12.1. The van der Waals surface area contributed by atoms with Crippen LogP contribution in [0.25, 0.3) is 10.6 Å². The number of piperazine rings is 1. The molecule has 5 nitrogen and oxygen atoms in total. The number of thiophene rings is 1. The Morgan fingerprint density at radius 2 is 1.91 bits per heavy atom. The van der Waals surface area contributed by atoms with Crippen LogP contribution in [-0.4, -0.2) is 47.2 Å². The summed E-state index contributed by atoms with van der Waals surface area (Å²) in [5, 5.41) is 10.7. The predicted octanol–water partition coefficient (Wildman–Crippen LogP) is 2.26. The van der Waals surface area contributed by atoms with Gasteiger partial charge >= 0.3 is 0 Å². The average molecular weight is 314 g/mol. The Morgan fingerprint density at radius 1 is 1.09 bits per heavy atom. The molecule has 1 saturated carbocycles. The Morgan fingerprint density at radius 3 is 2.50 bits per heavy atom. The van der Waals surface area contributed by atoms with Crippen LogP contribution in [0.5, 0.6) is 0 Å². The fourth-order valence-corrected chi connectivity index (χ4v) is 3.48. The van der Waals surface area contributed by atoms with Crippen molar-refractivity contribution in [2.75, 3.05) is 31.1 Å². The Bertz CT molecular complexity index is 643. The van der Waals surface area contributed by atoms with E-state index in [4.69, 9.17) is 0 Å². The van der Waals surface area contributed by atoms with Crippen molar-refractivity contribution in [2.45, 2.75) is 12.8 Å². The number of rotatable bonds is 3. The molecule has 3 heterocycles. The van der Waals surface area contributed by atoms with E-state index < -0.39 is 0 Å². The number of hydrogen-bond acceptors (Lipinski definition) is 5. The first kappa shape index (κ1) is 13.7. The molecule has 2 aromatic heterocycles. The van der Waals surface area contributed by atoms with Gasteiger partial charge in [0, 0.05) is 32.1 Å². The highest BCUT2D eigenvalue weighted by Gasteiger charge is 2.34. The van der Waals surface area contributed by atoms with Gasteiger partial charge in [-0.1, -0.05) is 6.07 Å². The zero-order chi connectivity index (χ0) is 14.9. The summed E-state index contributed by atoms with van der Waals surface area (Å²) in [5.74, 6) is 1.56. The second-order valence-electron chi connectivity index (χ2n) is 5.84. The Hall–Kier alpha value is -1.95. The molecule has 0 atom stereocenters. The SMILES string of the molecule is O=C(C1CC1)N1CCN(c2ccc(-c3cccs3)nn2)CC1. The zero-order valence-electron chi connectivity index (χ0n) is 12.3. The monoisotopic (exact) mass is 314 g/mol. The first-order chi connectivity index (χ1) is 10.8. The summed E-state index contributed by atoms with van der Waals surface area (Å²) in [5.41, 5.74) is 0.918. The lowest BCUT2D eigenvalue weighted by Gasteiger charge is -2.35. The van der Waals surface area contributed by atoms with Crippen LogP contribution in [0, 0.1) is 5.92 Å². The van der Waals surface area contributed by atoms with Crippen molar-refractivity contribution < 1.29 is 4.79 Å². The molecular formula is C16H18N4OS. The van der Waals surface area contributed by atoms with E-state index in [9.17, 15) is 4.79 Å². The number of hydrogen-bond donors (Lipinski definition) is 0. The second-order valence-corrected chi connectivity index (χ2v) is 6.79. The van der Waals surface area contributed by atoms with Crippen LogP contribution >= 0.6 is 11.3 Å². The van der Waals surface area contributed by atoms with Gasteiger partial charge in [0.2, 0.25) is 5.91 Å².